The van der Waals surface area contributed by atoms with Gasteiger partial charge in [0.25, 0.3) is 0 Å². The van der Waals surface area contributed by atoms with Gasteiger partial charge in [0.1, 0.15) is 17.1 Å². The number of carbonyl (C=O) groups is 1. The number of fused-ring (bicyclic) bond motifs is 1. The Kier molecular flexibility index (Phi) is 4.81. The van der Waals surface area contributed by atoms with Gasteiger partial charge in [-0.1, -0.05) is 6.92 Å². The second-order valence-corrected chi connectivity index (χ2v) is 6.74. The number of amides is 1. The Morgan fingerprint density at radius 3 is 2.76 bits per heavy atom. The zero-order chi connectivity index (χ0) is 18.0. The number of nitrogens with zero attached hydrogens (tertiary/aromatic N) is 4. The first-order valence-corrected chi connectivity index (χ1v) is 8.44. The molecule has 1 aromatic heterocycles. The SMILES string of the molecule is C[C@H]1C[C@@H](NC(=O)[C@@H](C)N)CN(c2ccc(C#N)c3nccnc23)C1. The molecule has 1 amide bonds. The van der Waals surface area contributed by atoms with Crippen LogP contribution in [-0.2, 0) is 4.79 Å². The average molecular weight is 338 g/mol. The molecule has 0 saturated carbocycles. The van der Waals surface area contributed by atoms with E-state index in [0.29, 0.717) is 29.1 Å². The number of nitrogens with two attached hydrogens (primary N) is 1. The summed E-state index contributed by atoms with van der Waals surface area (Å²) in [4.78, 5) is 22.9. The molecule has 0 bridgehead atoms. The van der Waals surface area contributed by atoms with E-state index in [1.54, 1.807) is 25.4 Å². The normalized spacial score (nSPS) is 21.6. The number of hydrogen-bond acceptors (Lipinski definition) is 6. The number of rotatable bonds is 3. The summed E-state index contributed by atoms with van der Waals surface area (Å²) in [6.07, 6.45) is 4.14. The minimum absolute atomic E-state index is 0.0321. The van der Waals surface area contributed by atoms with Gasteiger partial charge < -0.3 is 16.0 Å². The van der Waals surface area contributed by atoms with Gasteiger partial charge in [-0.3, -0.25) is 14.8 Å². The largest absolute Gasteiger partial charge is 0.367 e. The van der Waals surface area contributed by atoms with Crippen molar-refractivity contribution in [3.8, 4) is 6.07 Å². The van der Waals surface area contributed by atoms with E-state index >= 15 is 0 Å². The molecule has 0 spiro atoms. The van der Waals surface area contributed by atoms with Crippen LogP contribution in [0.4, 0.5) is 5.69 Å². The zero-order valence-corrected chi connectivity index (χ0v) is 14.4. The number of hydrogen-bond donors (Lipinski definition) is 2. The molecule has 0 aliphatic carbocycles. The third kappa shape index (κ3) is 3.54. The molecular weight excluding hydrogens is 316 g/mol. The Labute approximate surface area is 146 Å². The van der Waals surface area contributed by atoms with Crippen LogP contribution in [0.15, 0.2) is 24.5 Å². The van der Waals surface area contributed by atoms with Crippen LogP contribution in [0, 0.1) is 17.2 Å². The van der Waals surface area contributed by atoms with E-state index in [2.05, 4.69) is 33.2 Å². The van der Waals surface area contributed by atoms with E-state index < -0.39 is 6.04 Å². The fraction of sp³-hybridized carbons (Fsp3) is 0.444. The summed E-state index contributed by atoms with van der Waals surface area (Å²) in [7, 11) is 0. The van der Waals surface area contributed by atoms with Crippen molar-refractivity contribution in [1.82, 2.24) is 15.3 Å². The third-order valence-corrected chi connectivity index (χ3v) is 4.48. The molecule has 7 nitrogen and oxygen atoms in total. The molecule has 3 atom stereocenters. The highest BCUT2D eigenvalue weighted by Crippen LogP contribution is 2.30. The van der Waals surface area contributed by atoms with Crippen molar-refractivity contribution in [2.45, 2.75) is 32.4 Å². The fourth-order valence-corrected chi connectivity index (χ4v) is 3.37. The van der Waals surface area contributed by atoms with Crippen molar-refractivity contribution in [2.75, 3.05) is 18.0 Å². The summed E-state index contributed by atoms with van der Waals surface area (Å²) in [5, 5.41) is 12.3. The number of carbonyl (C=O) groups excluding carboxylic acids is 1. The van der Waals surface area contributed by atoms with E-state index in [1.807, 2.05) is 6.07 Å². The van der Waals surface area contributed by atoms with Gasteiger partial charge in [0, 0.05) is 31.5 Å². The molecule has 0 unspecified atom stereocenters. The molecule has 3 rings (SSSR count). The first kappa shape index (κ1) is 17.1. The number of anilines is 1. The van der Waals surface area contributed by atoms with Crippen molar-refractivity contribution < 1.29 is 4.79 Å². The number of nitrogens with one attached hydrogen (secondary N) is 1. The van der Waals surface area contributed by atoms with Crippen LogP contribution in [0.3, 0.4) is 0 Å². The molecule has 1 fully saturated rings. The van der Waals surface area contributed by atoms with E-state index in [-0.39, 0.29) is 11.9 Å². The summed E-state index contributed by atoms with van der Waals surface area (Å²) in [6, 6.07) is 5.37. The van der Waals surface area contributed by atoms with Crippen LogP contribution >= 0.6 is 0 Å². The standard InChI is InChI=1S/C18H22N6O/c1-11-7-14(23-18(25)12(2)20)10-24(9-11)15-4-3-13(8-19)16-17(15)22-6-5-21-16/h3-6,11-12,14H,7,9-10,20H2,1-2H3,(H,23,25)/t11-,12+,14+/m0/s1. The van der Waals surface area contributed by atoms with Gasteiger partial charge in [-0.15, -0.1) is 0 Å². The van der Waals surface area contributed by atoms with Gasteiger partial charge in [0.2, 0.25) is 5.91 Å². The second kappa shape index (κ2) is 7.03. The molecule has 2 aromatic rings. The maximum Gasteiger partial charge on any atom is 0.236 e. The smallest absolute Gasteiger partial charge is 0.236 e. The van der Waals surface area contributed by atoms with E-state index in [1.165, 1.54) is 0 Å². The van der Waals surface area contributed by atoms with Crippen molar-refractivity contribution >= 4 is 22.6 Å². The summed E-state index contributed by atoms with van der Waals surface area (Å²) >= 11 is 0. The number of benzene rings is 1. The predicted molar refractivity (Wildman–Crippen MR) is 95.8 cm³/mol. The van der Waals surface area contributed by atoms with Crippen LogP contribution in [0.1, 0.15) is 25.8 Å². The van der Waals surface area contributed by atoms with Gasteiger partial charge in [0.15, 0.2) is 0 Å². The summed E-state index contributed by atoms with van der Waals surface area (Å²) < 4.78 is 0. The molecule has 3 N–H and O–H groups in total. The monoisotopic (exact) mass is 338 g/mol. The minimum Gasteiger partial charge on any atom is -0.367 e. The molecule has 25 heavy (non-hydrogen) atoms. The molecule has 0 radical (unpaired) electrons. The molecule has 1 saturated heterocycles. The van der Waals surface area contributed by atoms with Crippen molar-refractivity contribution in [2.24, 2.45) is 11.7 Å². The first-order valence-electron chi connectivity index (χ1n) is 8.44. The van der Waals surface area contributed by atoms with Crippen LogP contribution < -0.4 is 16.0 Å². The number of piperidine rings is 1. The topological polar surface area (TPSA) is 108 Å². The zero-order valence-electron chi connectivity index (χ0n) is 14.4. The molecular formula is C18H22N6O. The highest BCUT2D eigenvalue weighted by atomic mass is 16.2. The van der Waals surface area contributed by atoms with E-state index in [9.17, 15) is 10.1 Å². The Morgan fingerprint density at radius 1 is 1.36 bits per heavy atom. The van der Waals surface area contributed by atoms with Crippen LogP contribution in [-0.4, -0.2) is 41.0 Å². The lowest BCUT2D eigenvalue weighted by atomic mass is 9.94. The lowest BCUT2D eigenvalue weighted by molar-refractivity contribution is -0.122. The third-order valence-electron chi connectivity index (χ3n) is 4.48. The summed E-state index contributed by atoms with van der Waals surface area (Å²) in [5.41, 5.74) is 8.44. The number of nitriles is 1. The van der Waals surface area contributed by atoms with Crippen molar-refractivity contribution in [1.29, 1.82) is 5.26 Å². The lowest BCUT2D eigenvalue weighted by Gasteiger charge is -2.38. The Hall–Kier alpha value is -2.72. The maximum atomic E-state index is 11.9. The highest BCUT2D eigenvalue weighted by Gasteiger charge is 2.28. The van der Waals surface area contributed by atoms with Crippen LogP contribution in [0.2, 0.25) is 0 Å². The average Bonchev–Trinajstić information content (AvgIpc) is 2.60. The second-order valence-electron chi connectivity index (χ2n) is 6.74. The minimum atomic E-state index is -0.521. The van der Waals surface area contributed by atoms with Gasteiger partial charge in [0.05, 0.1) is 17.3 Å². The highest BCUT2D eigenvalue weighted by molar-refractivity contribution is 5.92. The lowest BCUT2D eigenvalue weighted by Crippen LogP contribution is -2.53. The van der Waals surface area contributed by atoms with Gasteiger partial charge in [-0.05, 0) is 31.4 Å². The molecule has 2 heterocycles. The molecule has 130 valence electrons. The van der Waals surface area contributed by atoms with Gasteiger partial charge in [-0.25, -0.2) is 0 Å². The van der Waals surface area contributed by atoms with Crippen LogP contribution in [0.25, 0.3) is 11.0 Å². The maximum absolute atomic E-state index is 11.9. The van der Waals surface area contributed by atoms with Crippen LogP contribution in [0.5, 0.6) is 0 Å². The molecule has 1 aliphatic heterocycles. The van der Waals surface area contributed by atoms with Crippen molar-refractivity contribution in [3.05, 3.63) is 30.1 Å². The van der Waals surface area contributed by atoms with Gasteiger partial charge >= 0.3 is 0 Å². The van der Waals surface area contributed by atoms with E-state index in [4.69, 9.17) is 5.73 Å². The van der Waals surface area contributed by atoms with Gasteiger partial charge in [-0.2, -0.15) is 5.26 Å². The predicted octanol–water partition coefficient (Wildman–Crippen LogP) is 1.18. The Morgan fingerprint density at radius 2 is 2.08 bits per heavy atom. The first-order chi connectivity index (χ1) is 12.0. The Balaban J connectivity index is 1.92. The van der Waals surface area contributed by atoms with Crippen molar-refractivity contribution in [3.63, 3.8) is 0 Å². The quantitative estimate of drug-likeness (QED) is 0.870. The summed E-state index contributed by atoms with van der Waals surface area (Å²) in [6.45, 7) is 5.39. The number of aromatic nitrogens is 2. The summed E-state index contributed by atoms with van der Waals surface area (Å²) in [5.74, 6) is 0.276. The molecule has 1 aromatic carbocycles. The fourth-order valence-electron chi connectivity index (χ4n) is 3.37. The molecule has 1 aliphatic rings. The Bertz CT molecular complexity index is 828. The van der Waals surface area contributed by atoms with E-state index in [0.717, 1.165) is 18.7 Å². The molecule has 7 heteroatoms.